The Morgan fingerprint density at radius 1 is 1.16 bits per heavy atom. The maximum Gasteiger partial charge on any atom is 0.142 e. The maximum atomic E-state index is 4.36. The summed E-state index contributed by atoms with van der Waals surface area (Å²) in [7, 11) is 0. The zero-order chi connectivity index (χ0) is 13.4. The number of rotatable bonds is 2. The normalized spacial score (nSPS) is 10.9. The summed E-state index contributed by atoms with van der Waals surface area (Å²) >= 11 is 4.01. The van der Waals surface area contributed by atoms with Gasteiger partial charge in [0.2, 0.25) is 0 Å². The third kappa shape index (κ3) is 2.57. The number of thiophene rings is 1. The van der Waals surface area contributed by atoms with Crippen LogP contribution in [0.3, 0.4) is 0 Å². The Morgan fingerprint density at radius 3 is 2.79 bits per heavy atom. The average Bonchev–Trinajstić information content (AvgIpc) is 2.74. The molecule has 0 saturated heterocycles. The van der Waals surface area contributed by atoms with E-state index in [1.54, 1.807) is 17.7 Å². The van der Waals surface area contributed by atoms with Crippen LogP contribution in [-0.4, -0.2) is 9.97 Å². The van der Waals surface area contributed by atoms with Crippen molar-refractivity contribution >= 4 is 55.6 Å². The number of halogens is 1. The molecule has 3 rings (SSSR count). The fourth-order valence-corrected chi connectivity index (χ4v) is 3.46. The summed E-state index contributed by atoms with van der Waals surface area (Å²) in [5.74, 6) is 0.874. The molecule has 0 bridgehead atoms. The van der Waals surface area contributed by atoms with Crippen LogP contribution in [0.2, 0.25) is 0 Å². The van der Waals surface area contributed by atoms with E-state index < -0.39 is 0 Å². The predicted octanol–water partition coefficient (Wildman–Crippen LogP) is 4.66. The Bertz CT molecular complexity index is 752. The summed E-state index contributed by atoms with van der Waals surface area (Å²) in [6.07, 6.45) is 1.61. The SMILES string of the molecule is Cc1cc2c(Nc3ccc(I)cc3C)ncnc2s1. The van der Waals surface area contributed by atoms with Crippen molar-refractivity contribution in [1.82, 2.24) is 9.97 Å². The average molecular weight is 381 g/mol. The number of hydrogen-bond donors (Lipinski definition) is 1. The molecule has 3 nitrogen and oxygen atoms in total. The van der Waals surface area contributed by atoms with E-state index in [1.165, 1.54) is 14.0 Å². The molecule has 0 saturated carbocycles. The van der Waals surface area contributed by atoms with Gasteiger partial charge in [0.15, 0.2) is 0 Å². The van der Waals surface area contributed by atoms with Gasteiger partial charge in [-0.1, -0.05) is 0 Å². The van der Waals surface area contributed by atoms with E-state index in [1.807, 2.05) is 0 Å². The van der Waals surface area contributed by atoms with Gasteiger partial charge in [-0.05, 0) is 66.3 Å². The van der Waals surface area contributed by atoms with Crippen molar-refractivity contribution in [3.63, 3.8) is 0 Å². The Kier molecular flexibility index (Phi) is 3.40. The van der Waals surface area contributed by atoms with E-state index in [9.17, 15) is 0 Å². The first-order valence-electron chi connectivity index (χ1n) is 5.88. The largest absolute Gasteiger partial charge is 0.339 e. The van der Waals surface area contributed by atoms with E-state index in [-0.39, 0.29) is 0 Å². The molecule has 96 valence electrons. The predicted molar refractivity (Wildman–Crippen MR) is 89.3 cm³/mol. The number of aromatic nitrogens is 2. The van der Waals surface area contributed by atoms with Gasteiger partial charge < -0.3 is 5.32 Å². The molecule has 3 aromatic rings. The number of aryl methyl sites for hydroxylation is 2. The molecule has 0 atom stereocenters. The van der Waals surface area contributed by atoms with Crippen LogP contribution in [0.25, 0.3) is 10.2 Å². The molecule has 1 aromatic carbocycles. The van der Waals surface area contributed by atoms with Crippen LogP contribution in [0.1, 0.15) is 10.4 Å². The third-order valence-corrected chi connectivity index (χ3v) is 4.52. The molecule has 0 aliphatic heterocycles. The lowest BCUT2D eigenvalue weighted by molar-refractivity contribution is 1.22. The number of fused-ring (bicyclic) bond motifs is 1. The molecule has 2 aromatic heterocycles. The van der Waals surface area contributed by atoms with E-state index >= 15 is 0 Å². The second-order valence-electron chi connectivity index (χ2n) is 4.38. The number of nitrogens with zero attached hydrogens (tertiary/aromatic N) is 2. The highest BCUT2D eigenvalue weighted by Gasteiger charge is 2.08. The van der Waals surface area contributed by atoms with Gasteiger partial charge in [0.1, 0.15) is 17.0 Å². The Morgan fingerprint density at radius 2 is 2.00 bits per heavy atom. The third-order valence-electron chi connectivity index (χ3n) is 2.89. The zero-order valence-corrected chi connectivity index (χ0v) is 13.5. The summed E-state index contributed by atoms with van der Waals surface area (Å²) in [4.78, 5) is 10.9. The maximum absolute atomic E-state index is 4.36. The molecular weight excluding hydrogens is 369 g/mol. The number of benzene rings is 1. The molecule has 5 heteroatoms. The van der Waals surface area contributed by atoms with Crippen molar-refractivity contribution in [2.75, 3.05) is 5.32 Å². The van der Waals surface area contributed by atoms with E-state index in [2.05, 4.69) is 76.0 Å². The summed E-state index contributed by atoms with van der Waals surface area (Å²) in [6.45, 7) is 4.19. The quantitative estimate of drug-likeness (QED) is 0.657. The fraction of sp³-hybridized carbons (Fsp3) is 0.143. The second-order valence-corrected chi connectivity index (χ2v) is 6.86. The highest BCUT2D eigenvalue weighted by molar-refractivity contribution is 14.1. The van der Waals surface area contributed by atoms with Crippen LogP contribution in [0, 0.1) is 17.4 Å². The summed E-state index contributed by atoms with van der Waals surface area (Å²) in [5, 5.41) is 4.49. The number of hydrogen-bond acceptors (Lipinski definition) is 4. The molecule has 2 heterocycles. The van der Waals surface area contributed by atoms with Crippen LogP contribution in [0.5, 0.6) is 0 Å². The minimum absolute atomic E-state index is 0.874. The first-order valence-corrected chi connectivity index (χ1v) is 7.77. The Balaban J connectivity index is 2.05. The molecule has 0 amide bonds. The van der Waals surface area contributed by atoms with Crippen LogP contribution in [0.4, 0.5) is 11.5 Å². The molecule has 0 unspecified atom stereocenters. The molecular formula is C14H12IN3S. The van der Waals surface area contributed by atoms with Crippen LogP contribution < -0.4 is 5.32 Å². The molecule has 0 aliphatic carbocycles. The van der Waals surface area contributed by atoms with Crippen molar-refractivity contribution in [3.05, 3.63) is 44.6 Å². The van der Waals surface area contributed by atoms with E-state index in [0.29, 0.717) is 0 Å². The lowest BCUT2D eigenvalue weighted by atomic mass is 10.2. The highest BCUT2D eigenvalue weighted by Crippen LogP contribution is 2.30. The van der Waals surface area contributed by atoms with Crippen LogP contribution in [-0.2, 0) is 0 Å². The van der Waals surface area contributed by atoms with Gasteiger partial charge in [-0.2, -0.15) is 0 Å². The van der Waals surface area contributed by atoms with Crippen molar-refractivity contribution in [3.8, 4) is 0 Å². The van der Waals surface area contributed by atoms with Gasteiger partial charge in [-0.15, -0.1) is 11.3 Å². The number of anilines is 2. The van der Waals surface area contributed by atoms with Gasteiger partial charge in [0.05, 0.1) is 5.39 Å². The molecule has 0 radical (unpaired) electrons. The van der Waals surface area contributed by atoms with Crippen molar-refractivity contribution in [1.29, 1.82) is 0 Å². The first kappa shape index (κ1) is 12.8. The smallest absolute Gasteiger partial charge is 0.142 e. The fourth-order valence-electron chi connectivity index (χ4n) is 1.97. The summed E-state index contributed by atoms with van der Waals surface area (Å²) in [6, 6.07) is 8.46. The van der Waals surface area contributed by atoms with E-state index in [4.69, 9.17) is 0 Å². The minimum Gasteiger partial charge on any atom is -0.339 e. The highest BCUT2D eigenvalue weighted by atomic mass is 127. The van der Waals surface area contributed by atoms with Gasteiger partial charge in [-0.3, -0.25) is 0 Å². The monoisotopic (exact) mass is 381 g/mol. The lowest BCUT2D eigenvalue weighted by Gasteiger charge is -2.09. The molecule has 0 fully saturated rings. The van der Waals surface area contributed by atoms with E-state index in [0.717, 1.165) is 21.7 Å². The van der Waals surface area contributed by atoms with Crippen molar-refractivity contribution in [2.45, 2.75) is 13.8 Å². The standard InChI is InChI=1S/C14H12IN3S/c1-8-5-10(15)3-4-12(8)18-13-11-6-9(2)19-14(11)17-7-16-13/h3-7H,1-2H3,(H,16,17,18). The van der Waals surface area contributed by atoms with Gasteiger partial charge >= 0.3 is 0 Å². The zero-order valence-electron chi connectivity index (χ0n) is 10.6. The summed E-state index contributed by atoms with van der Waals surface area (Å²) < 4.78 is 1.24. The summed E-state index contributed by atoms with van der Waals surface area (Å²) in [5.41, 5.74) is 2.30. The minimum atomic E-state index is 0.874. The topological polar surface area (TPSA) is 37.8 Å². The Labute approximate surface area is 129 Å². The number of nitrogens with one attached hydrogen (secondary N) is 1. The van der Waals surface area contributed by atoms with Crippen LogP contribution in [0.15, 0.2) is 30.6 Å². The van der Waals surface area contributed by atoms with Gasteiger partial charge in [0.25, 0.3) is 0 Å². The molecule has 0 aliphatic rings. The first-order chi connectivity index (χ1) is 9.13. The molecule has 1 N–H and O–H groups in total. The second kappa shape index (κ2) is 5.05. The molecule has 0 spiro atoms. The van der Waals surface area contributed by atoms with Gasteiger partial charge in [-0.25, -0.2) is 9.97 Å². The molecule has 19 heavy (non-hydrogen) atoms. The van der Waals surface area contributed by atoms with Crippen molar-refractivity contribution < 1.29 is 0 Å². The Hall–Kier alpha value is -1.21. The lowest BCUT2D eigenvalue weighted by Crippen LogP contribution is -1.96. The van der Waals surface area contributed by atoms with Crippen LogP contribution >= 0.6 is 33.9 Å². The van der Waals surface area contributed by atoms with Gasteiger partial charge in [0, 0.05) is 14.1 Å². The van der Waals surface area contributed by atoms with Crippen molar-refractivity contribution in [2.24, 2.45) is 0 Å².